The van der Waals surface area contributed by atoms with Gasteiger partial charge in [-0.3, -0.25) is 4.79 Å². The summed E-state index contributed by atoms with van der Waals surface area (Å²) in [6.07, 6.45) is 3.86. The van der Waals surface area contributed by atoms with Crippen LogP contribution in [0.25, 0.3) is 0 Å². The second kappa shape index (κ2) is 12.7. The van der Waals surface area contributed by atoms with Crippen LogP contribution in [0.4, 0.5) is 10.5 Å². The fraction of sp³-hybridized carbons (Fsp3) is 0.429. The Morgan fingerprint density at radius 2 is 1.40 bits per heavy atom. The molecule has 0 aliphatic carbocycles. The van der Waals surface area contributed by atoms with Crippen molar-refractivity contribution >= 4 is 17.5 Å². The molecule has 0 radical (unpaired) electrons. The Balaban J connectivity index is 1.18. The van der Waals surface area contributed by atoms with Crippen molar-refractivity contribution in [1.82, 2.24) is 9.80 Å². The smallest absolute Gasteiger partial charge is 0.320 e. The van der Waals surface area contributed by atoms with E-state index in [2.05, 4.69) is 79.4 Å². The third-order valence-corrected chi connectivity index (χ3v) is 9.07. The molecule has 0 unspecified atom stereocenters. The van der Waals surface area contributed by atoms with Crippen LogP contribution in [-0.4, -0.2) is 60.9 Å². The Labute approximate surface area is 239 Å². The van der Waals surface area contributed by atoms with Gasteiger partial charge in [0.2, 0.25) is 0 Å². The van der Waals surface area contributed by atoms with E-state index in [0.29, 0.717) is 44.1 Å². The molecular weight excluding hydrogens is 494 g/mol. The van der Waals surface area contributed by atoms with Crippen molar-refractivity contribution in [3.8, 4) is 0 Å². The molecule has 5 rings (SSSR count). The minimum atomic E-state index is -0.502. The molecule has 5 nitrogen and oxygen atoms in total. The molecular formula is C35H43N3O2. The molecule has 3 aromatic rings. The number of carbonyl (C=O) groups is 2. The van der Waals surface area contributed by atoms with Gasteiger partial charge in [-0.05, 0) is 67.3 Å². The van der Waals surface area contributed by atoms with Crippen molar-refractivity contribution in [1.29, 1.82) is 0 Å². The van der Waals surface area contributed by atoms with Gasteiger partial charge in [-0.25, -0.2) is 4.79 Å². The van der Waals surface area contributed by atoms with Crippen LogP contribution in [0.5, 0.6) is 0 Å². The number of carbonyl (C=O) groups excluding carboxylic acids is 2. The average Bonchev–Trinajstić information content (AvgIpc) is 3.01. The van der Waals surface area contributed by atoms with Crippen molar-refractivity contribution in [2.75, 3.05) is 44.2 Å². The third-order valence-electron chi connectivity index (χ3n) is 9.07. The van der Waals surface area contributed by atoms with Gasteiger partial charge in [0.15, 0.2) is 0 Å². The fourth-order valence-corrected chi connectivity index (χ4v) is 6.50. The number of piperazine rings is 1. The summed E-state index contributed by atoms with van der Waals surface area (Å²) in [7, 11) is 0. The summed E-state index contributed by atoms with van der Waals surface area (Å²) in [4.78, 5) is 33.7. The van der Waals surface area contributed by atoms with E-state index in [1.54, 1.807) is 0 Å². The third kappa shape index (κ3) is 6.24. The number of Topliss-reactive ketones (excluding diaryl/α,β-unsaturated/α-hetero) is 1. The standard InChI is InChI=1S/C35H43N3O2/c1-28-11-9-17-32(27-28)36-23-25-38(26-24-36)34(40)37-21-19-35(20-22-37,31-15-7-4-8-16-31)33(39)18-10-12-29(2)30-13-5-3-6-14-30/h3-9,11,13-17,27,29H,10,12,18-26H2,1-2H3/t29-/m1/s1. The van der Waals surface area contributed by atoms with Crippen LogP contribution < -0.4 is 4.90 Å². The lowest BCUT2D eigenvalue weighted by Crippen LogP contribution is -2.56. The number of ketones is 1. The number of aryl methyl sites for hydroxylation is 1. The van der Waals surface area contributed by atoms with E-state index in [0.717, 1.165) is 44.6 Å². The first-order valence-electron chi connectivity index (χ1n) is 15.0. The molecule has 3 aromatic carbocycles. The number of rotatable bonds is 8. The van der Waals surface area contributed by atoms with Crippen molar-refractivity contribution in [2.24, 2.45) is 0 Å². The van der Waals surface area contributed by atoms with E-state index in [-0.39, 0.29) is 6.03 Å². The molecule has 0 aromatic heterocycles. The number of amides is 2. The summed E-state index contributed by atoms with van der Waals surface area (Å²) in [5.41, 5.74) is 4.42. The van der Waals surface area contributed by atoms with Gasteiger partial charge in [0.1, 0.15) is 5.78 Å². The van der Waals surface area contributed by atoms with Crippen molar-refractivity contribution < 1.29 is 9.59 Å². The van der Waals surface area contributed by atoms with Crippen LogP contribution in [0.1, 0.15) is 61.6 Å². The van der Waals surface area contributed by atoms with E-state index < -0.39 is 5.41 Å². The zero-order valence-electron chi connectivity index (χ0n) is 24.1. The Hall–Kier alpha value is -3.60. The largest absolute Gasteiger partial charge is 0.368 e. The Morgan fingerprint density at radius 3 is 2.05 bits per heavy atom. The molecule has 0 N–H and O–H groups in total. The summed E-state index contributed by atoms with van der Waals surface area (Å²) in [5, 5.41) is 0. The van der Waals surface area contributed by atoms with Gasteiger partial charge in [-0.1, -0.05) is 79.7 Å². The minimum Gasteiger partial charge on any atom is -0.368 e. The number of hydrogen-bond acceptors (Lipinski definition) is 3. The Morgan fingerprint density at radius 1 is 0.775 bits per heavy atom. The number of nitrogens with zero attached hydrogens (tertiary/aromatic N) is 3. The molecule has 0 saturated carbocycles. The van der Waals surface area contributed by atoms with Gasteiger partial charge in [-0.15, -0.1) is 0 Å². The normalized spacial score (nSPS) is 17.9. The lowest BCUT2D eigenvalue weighted by atomic mass is 9.68. The van der Waals surface area contributed by atoms with Crippen molar-refractivity contribution in [3.05, 3.63) is 102 Å². The van der Waals surface area contributed by atoms with Gasteiger partial charge in [0.25, 0.3) is 0 Å². The highest BCUT2D eigenvalue weighted by atomic mass is 16.2. The zero-order chi connectivity index (χ0) is 28.0. The maximum atomic E-state index is 13.9. The number of benzene rings is 3. The summed E-state index contributed by atoms with van der Waals surface area (Å²) >= 11 is 0. The average molecular weight is 538 g/mol. The number of likely N-dealkylation sites (tertiary alicyclic amines) is 1. The van der Waals surface area contributed by atoms with Gasteiger partial charge < -0.3 is 14.7 Å². The molecule has 1 atom stereocenters. The Bertz CT molecular complexity index is 1260. The molecule has 0 bridgehead atoms. The topological polar surface area (TPSA) is 43.9 Å². The lowest BCUT2D eigenvalue weighted by molar-refractivity contribution is -0.126. The number of urea groups is 1. The maximum Gasteiger partial charge on any atom is 0.320 e. The zero-order valence-corrected chi connectivity index (χ0v) is 24.1. The number of hydrogen-bond donors (Lipinski definition) is 0. The summed E-state index contributed by atoms with van der Waals surface area (Å²) in [6, 6.07) is 29.5. The fourth-order valence-electron chi connectivity index (χ4n) is 6.50. The van der Waals surface area contributed by atoms with E-state index in [9.17, 15) is 9.59 Å². The molecule has 2 amide bonds. The molecule has 40 heavy (non-hydrogen) atoms. The van der Waals surface area contributed by atoms with Crippen molar-refractivity contribution in [2.45, 2.75) is 57.3 Å². The van der Waals surface area contributed by atoms with Crippen LogP contribution in [0.2, 0.25) is 0 Å². The highest BCUT2D eigenvalue weighted by molar-refractivity contribution is 5.90. The van der Waals surface area contributed by atoms with Gasteiger partial charge in [0, 0.05) is 51.4 Å². The first-order chi connectivity index (χ1) is 19.5. The predicted molar refractivity (Wildman–Crippen MR) is 163 cm³/mol. The van der Waals surface area contributed by atoms with Gasteiger partial charge >= 0.3 is 6.03 Å². The molecule has 2 saturated heterocycles. The molecule has 210 valence electrons. The maximum absolute atomic E-state index is 13.9. The second-order valence-corrected chi connectivity index (χ2v) is 11.7. The summed E-state index contributed by atoms with van der Waals surface area (Å²) < 4.78 is 0. The predicted octanol–water partition coefficient (Wildman–Crippen LogP) is 6.81. The van der Waals surface area contributed by atoms with Gasteiger partial charge in [-0.2, -0.15) is 0 Å². The highest BCUT2D eigenvalue weighted by Crippen LogP contribution is 2.38. The van der Waals surface area contributed by atoms with Crippen LogP contribution >= 0.6 is 0 Å². The quantitative estimate of drug-likeness (QED) is 0.317. The van der Waals surface area contributed by atoms with Crippen molar-refractivity contribution in [3.63, 3.8) is 0 Å². The summed E-state index contributed by atoms with van der Waals surface area (Å²) in [5.74, 6) is 0.769. The molecule has 2 fully saturated rings. The van der Waals surface area contributed by atoms with E-state index in [1.807, 2.05) is 34.1 Å². The monoisotopic (exact) mass is 537 g/mol. The van der Waals surface area contributed by atoms with Gasteiger partial charge in [0.05, 0.1) is 5.41 Å². The second-order valence-electron chi connectivity index (χ2n) is 11.7. The molecule has 2 aliphatic heterocycles. The van der Waals surface area contributed by atoms with Crippen LogP contribution in [0.15, 0.2) is 84.9 Å². The number of anilines is 1. The van der Waals surface area contributed by atoms with Crippen LogP contribution in [0.3, 0.4) is 0 Å². The molecule has 0 spiro atoms. The lowest BCUT2D eigenvalue weighted by Gasteiger charge is -2.44. The van der Waals surface area contributed by atoms with E-state index in [4.69, 9.17) is 0 Å². The first kappa shape index (κ1) is 27.9. The Kier molecular flexibility index (Phi) is 8.88. The number of piperidine rings is 1. The van der Waals surface area contributed by atoms with Crippen LogP contribution in [0, 0.1) is 6.92 Å². The molecule has 2 heterocycles. The first-order valence-corrected chi connectivity index (χ1v) is 15.0. The minimum absolute atomic E-state index is 0.120. The summed E-state index contributed by atoms with van der Waals surface area (Å²) in [6.45, 7) is 8.75. The van der Waals surface area contributed by atoms with Crippen LogP contribution in [-0.2, 0) is 10.2 Å². The SMILES string of the molecule is Cc1cccc(N2CCN(C(=O)N3CCC(C(=O)CCC[C@@H](C)c4ccccc4)(c4ccccc4)CC3)CC2)c1. The van der Waals surface area contributed by atoms with E-state index >= 15 is 0 Å². The molecule has 5 heteroatoms. The molecule has 2 aliphatic rings. The highest BCUT2D eigenvalue weighted by Gasteiger charge is 2.43. The van der Waals surface area contributed by atoms with E-state index in [1.165, 1.54) is 16.8 Å².